The zero-order valence-corrected chi connectivity index (χ0v) is 15.0. The Bertz CT molecular complexity index is 905. The molecule has 0 unspecified atom stereocenters. The number of carbonyl (C=O) groups is 2. The Balaban J connectivity index is 2.11. The largest absolute Gasteiger partial charge is 0.449 e. The molecule has 0 radical (unpaired) electrons. The van der Waals surface area contributed by atoms with Crippen LogP contribution in [-0.4, -0.2) is 32.7 Å². The number of hydrogen-bond donors (Lipinski definition) is 1. The van der Waals surface area contributed by atoms with Crippen molar-refractivity contribution in [2.24, 2.45) is 0 Å². The fraction of sp³-hybridized carbons (Fsp3) is 0.222. The van der Waals surface area contributed by atoms with E-state index in [-0.39, 0.29) is 10.5 Å². The Morgan fingerprint density at radius 1 is 1.08 bits per heavy atom. The zero-order chi connectivity index (χ0) is 18.6. The summed E-state index contributed by atoms with van der Waals surface area (Å²) in [5, 5.41) is 2.65. The minimum Gasteiger partial charge on any atom is -0.449 e. The highest BCUT2D eigenvalue weighted by molar-refractivity contribution is 7.90. The van der Waals surface area contributed by atoms with Crippen molar-refractivity contribution in [1.29, 1.82) is 0 Å². The number of hydrogen-bond acceptors (Lipinski definition) is 5. The number of nitrogens with one attached hydrogen (secondary N) is 1. The highest BCUT2D eigenvalue weighted by Gasteiger charge is 2.23. The number of esters is 1. The number of rotatable bonds is 5. The molecule has 0 aliphatic rings. The molecule has 7 heteroatoms. The summed E-state index contributed by atoms with van der Waals surface area (Å²) in [5.41, 5.74) is 1.47. The monoisotopic (exact) mass is 361 g/mol. The number of anilines is 1. The van der Waals surface area contributed by atoms with Crippen molar-refractivity contribution >= 4 is 27.4 Å². The summed E-state index contributed by atoms with van der Waals surface area (Å²) < 4.78 is 28.6. The zero-order valence-electron chi connectivity index (χ0n) is 14.1. The third-order valence-corrected chi connectivity index (χ3v) is 4.60. The van der Waals surface area contributed by atoms with Crippen molar-refractivity contribution in [3.8, 4) is 0 Å². The lowest BCUT2D eigenvalue weighted by molar-refractivity contribution is -0.123. The molecule has 2 rings (SSSR count). The molecule has 0 aromatic heterocycles. The number of ether oxygens (including phenoxy) is 1. The first-order valence-electron chi connectivity index (χ1n) is 7.56. The molecular formula is C18H19NO5S. The molecule has 0 saturated carbocycles. The minimum atomic E-state index is -3.59. The SMILES string of the molecule is Cc1cccc(NC(=O)[C@H](C)OC(=O)c2ccccc2S(C)(=O)=O)c1. The van der Waals surface area contributed by atoms with Gasteiger partial charge in [-0.1, -0.05) is 24.3 Å². The first kappa shape index (κ1) is 18.7. The predicted octanol–water partition coefficient (Wildman–Crippen LogP) is 2.58. The van der Waals surface area contributed by atoms with Gasteiger partial charge in [0.25, 0.3) is 5.91 Å². The lowest BCUT2D eigenvalue weighted by Gasteiger charge is -2.15. The van der Waals surface area contributed by atoms with Crippen LogP contribution in [0.2, 0.25) is 0 Å². The summed E-state index contributed by atoms with van der Waals surface area (Å²) in [6, 6.07) is 12.9. The second kappa shape index (κ2) is 7.48. The second-order valence-electron chi connectivity index (χ2n) is 5.67. The fourth-order valence-corrected chi connectivity index (χ4v) is 3.08. The summed E-state index contributed by atoms with van der Waals surface area (Å²) in [7, 11) is -3.59. The topological polar surface area (TPSA) is 89.5 Å². The van der Waals surface area contributed by atoms with E-state index < -0.39 is 27.8 Å². The maximum atomic E-state index is 12.3. The van der Waals surface area contributed by atoms with E-state index in [2.05, 4.69) is 5.32 Å². The minimum absolute atomic E-state index is 0.0970. The van der Waals surface area contributed by atoms with Gasteiger partial charge in [-0.2, -0.15) is 0 Å². The standard InChI is InChI=1S/C18H19NO5S/c1-12-7-6-8-14(11-12)19-17(20)13(2)24-18(21)15-9-4-5-10-16(15)25(3,22)23/h4-11,13H,1-3H3,(H,19,20)/t13-/m0/s1. The molecule has 0 aliphatic carbocycles. The molecule has 1 atom stereocenters. The molecule has 0 spiro atoms. The Hall–Kier alpha value is -2.67. The van der Waals surface area contributed by atoms with Crippen molar-refractivity contribution in [2.75, 3.05) is 11.6 Å². The van der Waals surface area contributed by atoms with Gasteiger partial charge < -0.3 is 10.1 Å². The summed E-state index contributed by atoms with van der Waals surface area (Å²) in [6.07, 6.45) is -0.0758. The number of amides is 1. The average Bonchev–Trinajstić information content (AvgIpc) is 2.54. The number of sulfone groups is 1. The van der Waals surface area contributed by atoms with E-state index in [1.165, 1.54) is 31.2 Å². The van der Waals surface area contributed by atoms with Crippen molar-refractivity contribution in [2.45, 2.75) is 24.8 Å². The molecule has 0 bridgehead atoms. The molecule has 25 heavy (non-hydrogen) atoms. The van der Waals surface area contributed by atoms with Gasteiger partial charge in [-0.25, -0.2) is 13.2 Å². The lowest BCUT2D eigenvalue weighted by atomic mass is 10.2. The summed E-state index contributed by atoms with van der Waals surface area (Å²) >= 11 is 0. The van der Waals surface area contributed by atoms with Crippen LogP contribution in [0.15, 0.2) is 53.4 Å². The molecule has 1 amide bonds. The normalized spacial score (nSPS) is 12.3. The van der Waals surface area contributed by atoms with Gasteiger partial charge in [0.05, 0.1) is 10.5 Å². The Morgan fingerprint density at radius 3 is 2.40 bits per heavy atom. The number of benzene rings is 2. The molecule has 0 fully saturated rings. The van der Waals surface area contributed by atoms with Crippen molar-refractivity contribution < 1.29 is 22.7 Å². The molecule has 6 nitrogen and oxygen atoms in total. The second-order valence-corrected chi connectivity index (χ2v) is 7.66. The van der Waals surface area contributed by atoms with E-state index in [4.69, 9.17) is 4.74 Å². The maximum Gasteiger partial charge on any atom is 0.340 e. The molecule has 0 saturated heterocycles. The Kier molecular flexibility index (Phi) is 5.58. The highest BCUT2D eigenvalue weighted by Crippen LogP contribution is 2.17. The van der Waals surface area contributed by atoms with Crippen LogP contribution in [0.5, 0.6) is 0 Å². The lowest BCUT2D eigenvalue weighted by Crippen LogP contribution is -2.30. The van der Waals surface area contributed by atoms with Crippen LogP contribution in [0.4, 0.5) is 5.69 Å². The van der Waals surface area contributed by atoms with Gasteiger partial charge in [0.2, 0.25) is 0 Å². The van der Waals surface area contributed by atoms with Crippen molar-refractivity contribution in [3.05, 3.63) is 59.7 Å². The van der Waals surface area contributed by atoms with E-state index in [9.17, 15) is 18.0 Å². The summed E-state index contributed by atoms with van der Waals surface area (Å²) in [4.78, 5) is 24.3. The van der Waals surface area contributed by atoms with Crippen LogP contribution < -0.4 is 5.32 Å². The van der Waals surface area contributed by atoms with E-state index in [0.29, 0.717) is 5.69 Å². The first-order valence-corrected chi connectivity index (χ1v) is 9.45. The molecular weight excluding hydrogens is 342 g/mol. The van der Waals surface area contributed by atoms with Crippen LogP contribution in [-0.2, 0) is 19.4 Å². The van der Waals surface area contributed by atoms with Crippen molar-refractivity contribution in [1.82, 2.24) is 0 Å². The van der Waals surface area contributed by atoms with Gasteiger partial charge in [0.1, 0.15) is 0 Å². The third kappa shape index (κ3) is 4.90. The van der Waals surface area contributed by atoms with Crippen LogP contribution in [0.25, 0.3) is 0 Å². The third-order valence-electron chi connectivity index (χ3n) is 3.45. The molecule has 132 valence electrons. The fourth-order valence-electron chi connectivity index (χ4n) is 2.20. The number of carbonyl (C=O) groups excluding carboxylic acids is 2. The maximum absolute atomic E-state index is 12.3. The predicted molar refractivity (Wildman–Crippen MR) is 94.2 cm³/mol. The van der Waals surface area contributed by atoms with Crippen molar-refractivity contribution in [3.63, 3.8) is 0 Å². The molecule has 0 heterocycles. The molecule has 2 aromatic rings. The van der Waals surface area contributed by atoms with E-state index >= 15 is 0 Å². The molecule has 0 aliphatic heterocycles. The van der Waals surface area contributed by atoms with Gasteiger partial charge in [-0.15, -0.1) is 0 Å². The van der Waals surface area contributed by atoms with E-state index in [0.717, 1.165) is 11.8 Å². The molecule has 2 aromatic carbocycles. The quantitative estimate of drug-likeness (QED) is 0.827. The summed E-state index contributed by atoms with van der Waals surface area (Å²) in [5.74, 6) is -1.37. The van der Waals surface area contributed by atoms with Gasteiger partial charge >= 0.3 is 5.97 Å². The average molecular weight is 361 g/mol. The van der Waals surface area contributed by atoms with Gasteiger partial charge in [-0.05, 0) is 43.7 Å². The van der Waals surface area contributed by atoms with Gasteiger partial charge in [0, 0.05) is 11.9 Å². The van der Waals surface area contributed by atoms with Gasteiger partial charge in [0.15, 0.2) is 15.9 Å². The van der Waals surface area contributed by atoms with E-state index in [1.54, 1.807) is 18.2 Å². The smallest absolute Gasteiger partial charge is 0.340 e. The van der Waals surface area contributed by atoms with Crippen LogP contribution in [0.3, 0.4) is 0 Å². The molecule has 1 N–H and O–H groups in total. The number of aryl methyl sites for hydroxylation is 1. The summed E-state index contributed by atoms with van der Waals surface area (Å²) in [6.45, 7) is 3.31. The van der Waals surface area contributed by atoms with Crippen LogP contribution in [0, 0.1) is 6.92 Å². The Labute approximate surface area is 146 Å². The van der Waals surface area contributed by atoms with Crippen LogP contribution >= 0.6 is 0 Å². The van der Waals surface area contributed by atoms with E-state index in [1.807, 2.05) is 13.0 Å². The first-order chi connectivity index (χ1) is 11.7. The van der Waals surface area contributed by atoms with Crippen LogP contribution in [0.1, 0.15) is 22.8 Å². The van der Waals surface area contributed by atoms with Gasteiger partial charge in [-0.3, -0.25) is 4.79 Å². The Morgan fingerprint density at radius 2 is 1.76 bits per heavy atom. The highest BCUT2D eigenvalue weighted by atomic mass is 32.2.